The van der Waals surface area contributed by atoms with E-state index in [9.17, 15) is 15.2 Å². The number of rotatable bonds is 4. The maximum atomic E-state index is 10.6. The molecule has 0 unspecified atom stereocenters. The average molecular weight is 224 g/mol. The highest BCUT2D eigenvalue weighted by Crippen LogP contribution is 2.29. The minimum absolute atomic E-state index is 0.0133. The zero-order chi connectivity index (χ0) is 12.3. The molecule has 5 nitrogen and oxygen atoms in total. The number of hydrogen-bond donors (Lipinski definition) is 2. The van der Waals surface area contributed by atoms with E-state index in [2.05, 4.69) is 0 Å². The summed E-state index contributed by atoms with van der Waals surface area (Å²) in [5.74, 6) is 0.0760. The normalized spacial score (nSPS) is 11.4. The van der Waals surface area contributed by atoms with Gasteiger partial charge in [0.15, 0.2) is 0 Å². The highest BCUT2D eigenvalue weighted by molar-refractivity contribution is 5.43. The quantitative estimate of drug-likeness (QED) is 0.603. The van der Waals surface area contributed by atoms with Crippen LogP contribution in [-0.2, 0) is 6.42 Å². The van der Waals surface area contributed by atoms with E-state index in [0.29, 0.717) is 18.5 Å². The predicted octanol–water partition coefficient (Wildman–Crippen LogP) is 1.83. The van der Waals surface area contributed by atoms with E-state index < -0.39 is 4.92 Å². The number of nitrogens with zero attached hydrogens (tertiary/aromatic N) is 1. The van der Waals surface area contributed by atoms with Gasteiger partial charge < -0.3 is 10.8 Å². The van der Waals surface area contributed by atoms with Crippen molar-refractivity contribution in [1.82, 2.24) is 0 Å². The largest absolute Gasteiger partial charge is 0.508 e. The van der Waals surface area contributed by atoms with Crippen LogP contribution >= 0.6 is 0 Å². The SMILES string of the molecule is CC(C)(CN)Cc1cc([N+](=O)[O-])ccc1O. The second kappa shape index (κ2) is 4.49. The number of nitro groups is 1. The van der Waals surface area contributed by atoms with E-state index in [1.54, 1.807) is 0 Å². The molecule has 0 fully saturated rings. The Labute approximate surface area is 94.0 Å². The number of phenolic OH excluding ortho intramolecular Hbond substituents is 1. The van der Waals surface area contributed by atoms with Crippen molar-refractivity contribution in [2.75, 3.05) is 6.54 Å². The lowest BCUT2D eigenvalue weighted by Gasteiger charge is -2.22. The fourth-order valence-corrected chi connectivity index (χ4v) is 1.41. The molecule has 0 atom stereocenters. The van der Waals surface area contributed by atoms with Crippen LogP contribution in [0.4, 0.5) is 5.69 Å². The molecule has 5 heteroatoms. The predicted molar refractivity (Wildman–Crippen MR) is 61.3 cm³/mol. The molecule has 0 radical (unpaired) electrons. The molecular formula is C11H16N2O3. The standard InChI is InChI=1S/C11H16N2O3/c1-11(2,7-12)6-8-5-9(13(15)16)3-4-10(8)14/h3-5,14H,6-7,12H2,1-2H3. The molecule has 1 aromatic carbocycles. The highest BCUT2D eigenvalue weighted by atomic mass is 16.6. The summed E-state index contributed by atoms with van der Waals surface area (Å²) in [5, 5.41) is 20.2. The maximum Gasteiger partial charge on any atom is 0.269 e. The van der Waals surface area contributed by atoms with Crippen molar-refractivity contribution in [2.45, 2.75) is 20.3 Å². The molecule has 1 aromatic rings. The first kappa shape index (κ1) is 12.4. The number of benzene rings is 1. The van der Waals surface area contributed by atoms with Gasteiger partial charge in [0, 0.05) is 17.7 Å². The average Bonchev–Trinajstić information content (AvgIpc) is 2.21. The van der Waals surface area contributed by atoms with Gasteiger partial charge in [-0.1, -0.05) is 13.8 Å². The summed E-state index contributed by atoms with van der Waals surface area (Å²) in [6.07, 6.45) is 0.511. The molecule has 0 aliphatic rings. The third-order valence-corrected chi connectivity index (χ3v) is 2.50. The Kier molecular flexibility index (Phi) is 3.49. The smallest absolute Gasteiger partial charge is 0.269 e. The van der Waals surface area contributed by atoms with Crippen LogP contribution in [0, 0.1) is 15.5 Å². The van der Waals surface area contributed by atoms with Gasteiger partial charge in [0.1, 0.15) is 5.75 Å². The zero-order valence-electron chi connectivity index (χ0n) is 9.43. The molecule has 0 aliphatic carbocycles. The van der Waals surface area contributed by atoms with Crippen molar-refractivity contribution in [3.8, 4) is 5.75 Å². The molecule has 0 amide bonds. The summed E-state index contributed by atoms with van der Waals surface area (Å²) >= 11 is 0. The molecule has 88 valence electrons. The van der Waals surface area contributed by atoms with Gasteiger partial charge in [0.2, 0.25) is 0 Å². The fraction of sp³-hybridized carbons (Fsp3) is 0.455. The van der Waals surface area contributed by atoms with Gasteiger partial charge in [-0.3, -0.25) is 10.1 Å². The number of phenols is 1. The van der Waals surface area contributed by atoms with Crippen LogP contribution in [0.25, 0.3) is 0 Å². The second-order valence-corrected chi connectivity index (χ2v) is 4.62. The van der Waals surface area contributed by atoms with Crippen molar-refractivity contribution in [3.63, 3.8) is 0 Å². The van der Waals surface area contributed by atoms with Crippen LogP contribution < -0.4 is 5.73 Å². The van der Waals surface area contributed by atoms with E-state index in [-0.39, 0.29) is 16.9 Å². The monoisotopic (exact) mass is 224 g/mol. The first-order chi connectivity index (χ1) is 7.35. The minimum Gasteiger partial charge on any atom is -0.508 e. The number of nitro benzene ring substituents is 1. The first-order valence-electron chi connectivity index (χ1n) is 5.02. The third kappa shape index (κ3) is 2.93. The molecule has 3 N–H and O–H groups in total. The second-order valence-electron chi connectivity index (χ2n) is 4.62. The lowest BCUT2D eigenvalue weighted by Crippen LogP contribution is -2.25. The summed E-state index contributed by atoms with van der Waals surface area (Å²) in [5.41, 5.74) is 5.95. The van der Waals surface area contributed by atoms with Crippen LogP contribution in [0.15, 0.2) is 18.2 Å². The van der Waals surface area contributed by atoms with Crippen LogP contribution in [0.3, 0.4) is 0 Å². The molecule has 0 aromatic heterocycles. The number of hydrogen-bond acceptors (Lipinski definition) is 4. The van der Waals surface area contributed by atoms with E-state index in [0.717, 1.165) is 0 Å². The van der Waals surface area contributed by atoms with Crippen LogP contribution in [0.1, 0.15) is 19.4 Å². The van der Waals surface area contributed by atoms with Crippen molar-refractivity contribution >= 4 is 5.69 Å². The Morgan fingerprint density at radius 3 is 2.62 bits per heavy atom. The van der Waals surface area contributed by atoms with Gasteiger partial charge in [0.05, 0.1) is 4.92 Å². The molecule has 0 heterocycles. The summed E-state index contributed by atoms with van der Waals surface area (Å²) < 4.78 is 0. The van der Waals surface area contributed by atoms with Gasteiger partial charge in [-0.2, -0.15) is 0 Å². The van der Waals surface area contributed by atoms with Gasteiger partial charge >= 0.3 is 0 Å². The molecule has 0 bridgehead atoms. The molecule has 0 saturated carbocycles. The van der Waals surface area contributed by atoms with Crippen molar-refractivity contribution < 1.29 is 10.0 Å². The maximum absolute atomic E-state index is 10.6. The van der Waals surface area contributed by atoms with E-state index in [1.807, 2.05) is 13.8 Å². The molecule has 16 heavy (non-hydrogen) atoms. The number of aromatic hydroxyl groups is 1. The Morgan fingerprint density at radius 1 is 1.50 bits per heavy atom. The van der Waals surface area contributed by atoms with Crippen LogP contribution in [0.2, 0.25) is 0 Å². The third-order valence-electron chi connectivity index (χ3n) is 2.50. The first-order valence-corrected chi connectivity index (χ1v) is 5.02. The Bertz CT molecular complexity index is 402. The Balaban J connectivity index is 3.03. The van der Waals surface area contributed by atoms with Crippen LogP contribution in [0.5, 0.6) is 5.75 Å². The number of non-ortho nitro benzene ring substituents is 1. The van der Waals surface area contributed by atoms with Crippen molar-refractivity contribution in [3.05, 3.63) is 33.9 Å². The van der Waals surface area contributed by atoms with Gasteiger partial charge in [0.25, 0.3) is 5.69 Å². The summed E-state index contributed by atoms with van der Waals surface area (Å²) in [7, 11) is 0. The fourth-order valence-electron chi connectivity index (χ4n) is 1.41. The number of nitrogens with two attached hydrogens (primary N) is 1. The van der Waals surface area contributed by atoms with Gasteiger partial charge in [-0.05, 0) is 24.4 Å². The Hall–Kier alpha value is -1.62. The topological polar surface area (TPSA) is 89.4 Å². The highest BCUT2D eigenvalue weighted by Gasteiger charge is 2.20. The summed E-state index contributed by atoms with van der Waals surface area (Å²) in [6, 6.07) is 4.03. The molecular weight excluding hydrogens is 208 g/mol. The van der Waals surface area contributed by atoms with E-state index >= 15 is 0 Å². The van der Waals surface area contributed by atoms with E-state index in [4.69, 9.17) is 5.73 Å². The van der Waals surface area contributed by atoms with E-state index in [1.165, 1.54) is 18.2 Å². The lowest BCUT2D eigenvalue weighted by molar-refractivity contribution is -0.384. The minimum atomic E-state index is -0.474. The van der Waals surface area contributed by atoms with Crippen LogP contribution in [-0.4, -0.2) is 16.6 Å². The van der Waals surface area contributed by atoms with Gasteiger partial charge in [-0.15, -0.1) is 0 Å². The zero-order valence-corrected chi connectivity index (χ0v) is 9.43. The summed E-state index contributed by atoms with van der Waals surface area (Å²) in [6.45, 7) is 4.35. The molecule has 0 saturated heterocycles. The molecule has 0 spiro atoms. The molecule has 1 rings (SSSR count). The molecule has 0 aliphatic heterocycles. The van der Waals surface area contributed by atoms with Crippen molar-refractivity contribution in [2.24, 2.45) is 11.1 Å². The summed E-state index contributed by atoms with van der Waals surface area (Å²) in [4.78, 5) is 10.1. The van der Waals surface area contributed by atoms with Gasteiger partial charge in [-0.25, -0.2) is 0 Å². The lowest BCUT2D eigenvalue weighted by atomic mass is 9.85. The Morgan fingerprint density at radius 2 is 2.12 bits per heavy atom. The van der Waals surface area contributed by atoms with Crippen molar-refractivity contribution in [1.29, 1.82) is 0 Å².